The molecule has 0 aromatic carbocycles. The fourth-order valence-corrected chi connectivity index (χ4v) is 2.80. The molecule has 0 aliphatic rings. The molecule has 0 spiro atoms. The van der Waals surface area contributed by atoms with Gasteiger partial charge in [-0.15, -0.1) is 25.5 Å². The van der Waals surface area contributed by atoms with Gasteiger partial charge in [0.2, 0.25) is 11.7 Å². The molecule has 4 aromatic rings. The quantitative estimate of drug-likeness (QED) is 0.317. The molecule has 12 nitrogen and oxygen atoms in total. The lowest BCUT2D eigenvalue weighted by Gasteiger charge is -2.10. The summed E-state index contributed by atoms with van der Waals surface area (Å²) in [6.07, 6.45) is 0.785. The van der Waals surface area contributed by atoms with E-state index in [0.717, 1.165) is 6.42 Å². The number of nitrogens with zero attached hydrogens (tertiary/aromatic N) is 7. The second-order valence-electron chi connectivity index (χ2n) is 6.68. The highest BCUT2D eigenvalue weighted by Crippen LogP contribution is 2.28. The Balaban J connectivity index is 1.44. The van der Waals surface area contributed by atoms with Crippen LogP contribution in [-0.4, -0.2) is 62.1 Å². The summed E-state index contributed by atoms with van der Waals surface area (Å²) in [4.78, 5) is 0. The summed E-state index contributed by atoms with van der Waals surface area (Å²) in [5, 5.41) is 24.9. The SMILES string of the molecule is CCOCCCOc1ccc(COc2nn3c(-c4cc(C)on4)nnc3cc2OC)nn1. The number of aromatic nitrogens is 7. The minimum absolute atomic E-state index is 0.132. The summed E-state index contributed by atoms with van der Waals surface area (Å²) >= 11 is 0. The molecule has 0 radical (unpaired) electrons. The maximum absolute atomic E-state index is 5.84. The van der Waals surface area contributed by atoms with E-state index in [1.165, 1.54) is 11.6 Å². The van der Waals surface area contributed by atoms with Gasteiger partial charge in [-0.3, -0.25) is 0 Å². The Morgan fingerprint density at radius 2 is 1.94 bits per heavy atom. The van der Waals surface area contributed by atoms with Crippen molar-refractivity contribution in [3.63, 3.8) is 0 Å². The monoisotopic (exact) mass is 441 g/mol. The Morgan fingerprint density at radius 1 is 1.03 bits per heavy atom. The van der Waals surface area contributed by atoms with Crippen molar-refractivity contribution < 1.29 is 23.5 Å². The maximum Gasteiger partial charge on any atom is 0.275 e. The Bertz CT molecular complexity index is 1160. The van der Waals surface area contributed by atoms with Gasteiger partial charge in [-0.1, -0.05) is 5.16 Å². The van der Waals surface area contributed by atoms with Crippen molar-refractivity contribution in [2.45, 2.75) is 26.9 Å². The highest BCUT2D eigenvalue weighted by atomic mass is 16.5. The molecule has 0 N–H and O–H groups in total. The molecule has 0 unspecified atom stereocenters. The molecule has 168 valence electrons. The van der Waals surface area contributed by atoms with Crippen LogP contribution in [-0.2, 0) is 11.3 Å². The normalized spacial score (nSPS) is 11.1. The van der Waals surface area contributed by atoms with Crippen molar-refractivity contribution in [3.8, 4) is 29.0 Å². The molecule has 4 aromatic heterocycles. The Morgan fingerprint density at radius 3 is 2.66 bits per heavy atom. The van der Waals surface area contributed by atoms with E-state index in [0.29, 0.717) is 60.1 Å². The zero-order valence-electron chi connectivity index (χ0n) is 18.0. The number of hydrogen-bond acceptors (Lipinski definition) is 11. The third kappa shape index (κ3) is 4.91. The molecule has 0 aliphatic heterocycles. The van der Waals surface area contributed by atoms with Crippen LogP contribution in [0.1, 0.15) is 24.8 Å². The van der Waals surface area contributed by atoms with Gasteiger partial charge in [-0.2, -0.15) is 4.52 Å². The average Bonchev–Trinajstić information content (AvgIpc) is 3.43. The Hall–Kier alpha value is -3.80. The van der Waals surface area contributed by atoms with E-state index in [1.807, 2.05) is 6.92 Å². The van der Waals surface area contributed by atoms with Gasteiger partial charge in [0.05, 0.1) is 13.7 Å². The Kier molecular flexibility index (Phi) is 6.70. The third-order valence-corrected chi connectivity index (χ3v) is 4.34. The van der Waals surface area contributed by atoms with Crippen molar-refractivity contribution in [3.05, 3.63) is 35.7 Å². The molecule has 0 bridgehead atoms. The first-order chi connectivity index (χ1) is 15.7. The number of methoxy groups -OCH3 is 1. The van der Waals surface area contributed by atoms with Crippen LogP contribution in [0.2, 0.25) is 0 Å². The molecule has 32 heavy (non-hydrogen) atoms. The van der Waals surface area contributed by atoms with Crippen molar-refractivity contribution >= 4 is 5.65 Å². The second kappa shape index (κ2) is 10.0. The first kappa shape index (κ1) is 21.4. The van der Waals surface area contributed by atoms with E-state index in [9.17, 15) is 0 Å². The predicted octanol–water partition coefficient (Wildman–Crippen LogP) is 2.27. The molecule has 4 rings (SSSR count). The molecule has 12 heteroatoms. The van der Waals surface area contributed by atoms with Gasteiger partial charge in [-0.05, 0) is 19.9 Å². The van der Waals surface area contributed by atoms with E-state index >= 15 is 0 Å². The van der Waals surface area contributed by atoms with Crippen LogP contribution in [0.3, 0.4) is 0 Å². The van der Waals surface area contributed by atoms with Crippen LogP contribution in [0.5, 0.6) is 17.5 Å². The number of aryl methyl sites for hydroxylation is 1. The standard InChI is InChI=1S/C20H23N7O5/c1-4-29-8-5-9-30-18-7-6-14(21-23-18)12-31-20-16(28-3)11-17-22-24-19(27(17)25-20)15-10-13(2)32-26-15/h6-7,10-11H,4-5,8-9,12H2,1-3H3. The minimum atomic E-state index is 0.132. The second-order valence-corrected chi connectivity index (χ2v) is 6.68. The van der Waals surface area contributed by atoms with E-state index in [4.69, 9.17) is 23.5 Å². The predicted molar refractivity (Wildman–Crippen MR) is 111 cm³/mol. The smallest absolute Gasteiger partial charge is 0.275 e. The van der Waals surface area contributed by atoms with Gasteiger partial charge >= 0.3 is 0 Å². The summed E-state index contributed by atoms with van der Waals surface area (Å²) in [7, 11) is 1.52. The highest BCUT2D eigenvalue weighted by molar-refractivity contribution is 5.56. The molecular formula is C20H23N7O5. The lowest BCUT2D eigenvalue weighted by Crippen LogP contribution is -2.07. The lowest BCUT2D eigenvalue weighted by atomic mass is 10.3. The van der Waals surface area contributed by atoms with Gasteiger partial charge in [0.25, 0.3) is 5.88 Å². The van der Waals surface area contributed by atoms with Gasteiger partial charge in [-0.25, -0.2) is 0 Å². The average molecular weight is 441 g/mol. The zero-order chi connectivity index (χ0) is 22.3. The summed E-state index contributed by atoms with van der Waals surface area (Å²) in [5.41, 5.74) is 1.60. The summed E-state index contributed by atoms with van der Waals surface area (Å²) in [6.45, 7) is 5.74. The first-order valence-electron chi connectivity index (χ1n) is 10.1. The fourth-order valence-electron chi connectivity index (χ4n) is 2.80. The van der Waals surface area contributed by atoms with Crippen LogP contribution in [0.15, 0.2) is 28.8 Å². The topological polar surface area (TPSA) is 132 Å². The maximum atomic E-state index is 5.84. The molecule has 0 aliphatic carbocycles. The van der Waals surface area contributed by atoms with Crippen LogP contribution in [0.4, 0.5) is 0 Å². The van der Waals surface area contributed by atoms with Crippen molar-refractivity contribution in [1.82, 2.24) is 35.2 Å². The van der Waals surface area contributed by atoms with Crippen LogP contribution in [0.25, 0.3) is 17.2 Å². The van der Waals surface area contributed by atoms with Crippen LogP contribution >= 0.6 is 0 Å². The van der Waals surface area contributed by atoms with Crippen molar-refractivity contribution in [1.29, 1.82) is 0 Å². The van der Waals surface area contributed by atoms with Gasteiger partial charge in [0.1, 0.15) is 18.1 Å². The lowest BCUT2D eigenvalue weighted by molar-refractivity contribution is 0.129. The zero-order valence-corrected chi connectivity index (χ0v) is 18.0. The van der Waals surface area contributed by atoms with Crippen LogP contribution < -0.4 is 14.2 Å². The summed E-state index contributed by atoms with van der Waals surface area (Å²) < 4.78 is 28.7. The number of hydrogen-bond donors (Lipinski definition) is 0. The Labute approximate surface area is 183 Å². The molecule has 0 amide bonds. The van der Waals surface area contributed by atoms with Crippen molar-refractivity contribution in [2.75, 3.05) is 26.9 Å². The van der Waals surface area contributed by atoms with E-state index in [2.05, 4.69) is 30.7 Å². The van der Waals surface area contributed by atoms with Crippen LogP contribution in [0, 0.1) is 6.92 Å². The molecule has 4 heterocycles. The van der Waals surface area contributed by atoms with E-state index < -0.39 is 0 Å². The first-order valence-corrected chi connectivity index (χ1v) is 10.1. The fraction of sp³-hybridized carbons (Fsp3) is 0.400. The summed E-state index contributed by atoms with van der Waals surface area (Å²) in [6, 6.07) is 6.94. The number of ether oxygens (including phenoxy) is 4. The van der Waals surface area contributed by atoms with Gasteiger partial charge in [0, 0.05) is 37.8 Å². The van der Waals surface area contributed by atoms with Crippen molar-refractivity contribution in [2.24, 2.45) is 0 Å². The molecule has 0 fully saturated rings. The molecule has 0 saturated heterocycles. The molecule has 0 saturated carbocycles. The number of rotatable bonds is 11. The highest BCUT2D eigenvalue weighted by Gasteiger charge is 2.18. The van der Waals surface area contributed by atoms with Gasteiger partial charge in [0.15, 0.2) is 17.1 Å². The van der Waals surface area contributed by atoms with E-state index in [-0.39, 0.29) is 12.5 Å². The van der Waals surface area contributed by atoms with E-state index in [1.54, 1.807) is 31.2 Å². The largest absolute Gasteiger partial charge is 0.491 e. The minimum Gasteiger partial charge on any atom is -0.491 e. The molecule has 0 atom stereocenters. The summed E-state index contributed by atoms with van der Waals surface area (Å²) in [5.74, 6) is 2.19. The van der Waals surface area contributed by atoms with Gasteiger partial charge < -0.3 is 23.5 Å². The number of fused-ring (bicyclic) bond motifs is 1. The molecular weight excluding hydrogens is 418 g/mol. The third-order valence-electron chi connectivity index (χ3n) is 4.34.